The van der Waals surface area contributed by atoms with Crippen LogP contribution in [0, 0.1) is 5.82 Å². The average Bonchev–Trinajstić information content (AvgIpc) is 3.23. The van der Waals surface area contributed by atoms with Crippen LogP contribution < -0.4 is 5.32 Å². The van der Waals surface area contributed by atoms with Crippen molar-refractivity contribution in [2.24, 2.45) is 0 Å². The van der Waals surface area contributed by atoms with Gasteiger partial charge in [0, 0.05) is 57.2 Å². The minimum Gasteiger partial charge on any atom is -0.385 e. The highest BCUT2D eigenvalue weighted by Gasteiger charge is 2.17. The molecule has 2 N–H and O–H groups in total. The van der Waals surface area contributed by atoms with Gasteiger partial charge < -0.3 is 19.8 Å². The second-order valence-electron chi connectivity index (χ2n) is 7.44. The van der Waals surface area contributed by atoms with Crippen LogP contribution in [0.4, 0.5) is 4.39 Å². The van der Waals surface area contributed by atoms with E-state index in [1.807, 2.05) is 6.07 Å². The number of nitrogens with zero attached hydrogens (tertiary/aromatic N) is 3. The van der Waals surface area contributed by atoms with E-state index in [1.54, 1.807) is 25.4 Å². The second-order valence-corrected chi connectivity index (χ2v) is 7.44. The predicted molar refractivity (Wildman–Crippen MR) is 114 cm³/mol. The molecule has 3 aromatic rings. The van der Waals surface area contributed by atoms with E-state index in [9.17, 15) is 9.18 Å². The standard InChI is InChI=1S/C22H26FN5O3/c1-30-10-2-6-25-22(29)17-5-7-24-21-19(17)26-20(27-21)15-3-4-16(18(23)13-15)14-28-8-11-31-12-9-28/h3-5,7,13H,2,6,8-12,14H2,1H3,(H,25,29)(H,24,26,27). The lowest BCUT2D eigenvalue weighted by Gasteiger charge is -2.26. The summed E-state index contributed by atoms with van der Waals surface area (Å²) in [5.74, 6) is -0.0294. The fourth-order valence-electron chi connectivity index (χ4n) is 3.57. The van der Waals surface area contributed by atoms with Gasteiger partial charge in [0.05, 0.1) is 24.3 Å². The molecule has 0 unspecified atom stereocenters. The minimum atomic E-state index is -0.284. The van der Waals surface area contributed by atoms with E-state index in [2.05, 4.69) is 25.2 Å². The molecule has 0 bridgehead atoms. The van der Waals surface area contributed by atoms with Gasteiger partial charge in [0.2, 0.25) is 0 Å². The van der Waals surface area contributed by atoms with Crippen molar-refractivity contribution in [1.82, 2.24) is 25.2 Å². The first-order valence-electron chi connectivity index (χ1n) is 10.4. The molecule has 164 valence electrons. The molecule has 1 aliphatic rings. The lowest BCUT2D eigenvalue weighted by molar-refractivity contribution is 0.0337. The van der Waals surface area contributed by atoms with Crippen LogP contribution in [0.2, 0.25) is 0 Å². The number of hydrogen-bond acceptors (Lipinski definition) is 6. The molecule has 0 aliphatic carbocycles. The van der Waals surface area contributed by atoms with Gasteiger partial charge >= 0.3 is 0 Å². The molecule has 1 fully saturated rings. The Morgan fingerprint density at radius 2 is 2.16 bits per heavy atom. The summed E-state index contributed by atoms with van der Waals surface area (Å²) >= 11 is 0. The number of methoxy groups -OCH3 is 1. The smallest absolute Gasteiger partial charge is 0.253 e. The number of imidazole rings is 1. The summed E-state index contributed by atoms with van der Waals surface area (Å²) in [5, 5.41) is 2.86. The van der Waals surface area contributed by atoms with Crippen LogP contribution in [0.5, 0.6) is 0 Å². The molecule has 1 aliphatic heterocycles. The molecule has 0 atom stereocenters. The Balaban J connectivity index is 1.53. The van der Waals surface area contributed by atoms with Crippen LogP contribution in [0.1, 0.15) is 22.3 Å². The van der Waals surface area contributed by atoms with Gasteiger partial charge in [0.15, 0.2) is 5.65 Å². The van der Waals surface area contributed by atoms with Gasteiger partial charge in [-0.2, -0.15) is 0 Å². The number of H-pyrrole nitrogens is 1. The molecule has 3 heterocycles. The van der Waals surface area contributed by atoms with Crippen molar-refractivity contribution in [3.05, 3.63) is 47.4 Å². The Bertz CT molecular complexity index is 1050. The highest BCUT2D eigenvalue weighted by atomic mass is 19.1. The number of morpholine rings is 1. The molecule has 9 heteroatoms. The Kier molecular flexibility index (Phi) is 6.86. The first-order valence-corrected chi connectivity index (χ1v) is 10.4. The lowest BCUT2D eigenvalue weighted by atomic mass is 10.1. The first-order chi connectivity index (χ1) is 15.2. The highest BCUT2D eigenvalue weighted by molar-refractivity contribution is 6.04. The number of carbonyl (C=O) groups is 1. The van der Waals surface area contributed by atoms with Crippen molar-refractivity contribution in [1.29, 1.82) is 0 Å². The van der Waals surface area contributed by atoms with Gasteiger partial charge in [-0.3, -0.25) is 9.69 Å². The summed E-state index contributed by atoms with van der Waals surface area (Å²) in [5.41, 5.74) is 2.63. The van der Waals surface area contributed by atoms with E-state index in [0.29, 0.717) is 66.6 Å². The maximum absolute atomic E-state index is 14.8. The zero-order chi connectivity index (χ0) is 21.6. The van der Waals surface area contributed by atoms with E-state index in [4.69, 9.17) is 9.47 Å². The third kappa shape index (κ3) is 5.07. The SMILES string of the molecule is COCCCNC(=O)c1ccnc2nc(-c3ccc(CN4CCOCC4)c(F)c3)[nH]c12. The van der Waals surface area contributed by atoms with Crippen LogP contribution in [-0.4, -0.2) is 72.3 Å². The molecule has 1 aromatic carbocycles. The van der Waals surface area contributed by atoms with Crippen LogP contribution >= 0.6 is 0 Å². The molecule has 0 saturated carbocycles. The number of halogens is 1. The number of amides is 1. The third-order valence-corrected chi connectivity index (χ3v) is 5.27. The Morgan fingerprint density at radius 1 is 1.32 bits per heavy atom. The summed E-state index contributed by atoms with van der Waals surface area (Å²) < 4.78 is 25.1. The van der Waals surface area contributed by atoms with Crippen LogP contribution in [0.3, 0.4) is 0 Å². The second kappa shape index (κ2) is 9.95. The van der Waals surface area contributed by atoms with E-state index in [0.717, 1.165) is 19.5 Å². The summed E-state index contributed by atoms with van der Waals surface area (Å²) in [6.07, 6.45) is 2.27. The number of ether oxygens (including phenoxy) is 2. The van der Waals surface area contributed by atoms with Gasteiger partial charge in [-0.15, -0.1) is 0 Å². The number of aromatic amines is 1. The molecule has 1 amide bonds. The number of fused-ring (bicyclic) bond motifs is 1. The lowest BCUT2D eigenvalue weighted by Crippen LogP contribution is -2.35. The Hall–Kier alpha value is -2.88. The van der Waals surface area contributed by atoms with Crippen molar-refractivity contribution in [3.63, 3.8) is 0 Å². The highest BCUT2D eigenvalue weighted by Crippen LogP contribution is 2.24. The third-order valence-electron chi connectivity index (χ3n) is 5.27. The molecular formula is C22H26FN5O3. The normalized spacial score (nSPS) is 14.8. The number of aromatic nitrogens is 3. The van der Waals surface area contributed by atoms with E-state index in [-0.39, 0.29) is 11.7 Å². The Labute approximate surface area is 179 Å². The summed E-state index contributed by atoms with van der Waals surface area (Å²) in [7, 11) is 1.62. The van der Waals surface area contributed by atoms with E-state index < -0.39 is 0 Å². The molecule has 4 rings (SSSR count). The number of benzene rings is 1. The Morgan fingerprint density at radius 3 is 2.94 bits per heavy atom. The van der Waals surface area contributed by atoms with Gasteiger partial charge in [0.25, 0.3) is 5.91 Å². The number of carbonyl (C=O) groups excluding carboxylic acids is 1. The van der Waals surface area contributed by atoms with Crippen LogP contribution in [-0.2, 0) is 16.0 Å². The van der Waals surface area contributed by atoms with Crippen LogP contribution in [0.15, 0.2) is 30.5 Å². The molecule has 8 nitrogen and oxygen atoms in total. The van der Waals surface area contributed by atoms with Gasteiger partial charge in [-0.1, -0.05) is 12.1 Å². The number of rotatable bonds is 8. The zero-order valence-electron chi connectivity index (χ0n) is 17.5. The molecule has 1 saturated heterocycles. The largest absolute Gasteiger partial charge is 0.385 e. The van der Waals surface area contributed by atoms with E-state index in [1.165, 1.54) is 6.07 Å². The van der Waals surface area contributed by atoms with Gasteiger partial charge in [-0.25, -0.2) is 14.4 Å². The number of nitrogens with one attached hydrogen (secondary N) is 2. The number of hydrogen-bond donors (Lipinski definition) is 2. The monoisotopic (exact) mass is 427 g/mol. The fraction of sp³-hybridized carbons (Fsp3) is 0.409. The van der Waals surface area contributed by atoms with Crippen LogP contribution in [0.25, 0.3) is 22.6 Å². The summed E-state index contributed by atoms with van der Waals surface area (Å²) in [6, 6.07) is 6.73. The first kappa shape index (κ1) is 21.4. The maximum atomic E-state index is 14.8. The van der Waals surface area contributed by atoms with Crippen molar-refractivity contribution in [2.75, 3.05) is 46.6 Å². The minimum absolute atomic E-state index is 0.217. The van der Waals surface area contributed by atoms with Crippen molar-refractivity contribution >= 4 is 17.1 Å². The summed E-state index contributed by atoms with van der Waals surface area (Å²) in [6.45, 7) is 4.58. The van der Waals surface area contributed by atoms with Gasteiger partial charge in [0.1, 0.15) is 11.6 Å². The van der Waals surface area contributed by atoms with Crippen molar-refractivity contribution < 1.29 is 18.7 Å². The number of pyridine rings is 1. The quantitative estimate of drug-likeness (QED) is 0.536. The zero-order valence-corrected chi connectivity index (χ0v) is 17.5. The summed E-state index contributed by atoms with van der Waals surface area (Å²) in [4.78, 5) is 26.6. The van der Waals surface area contributed by atoms with Crippen molar-refractivity contribution in [3.8, 4) is 11.4 Å². The predicted octanol–water partition coefficient (Wildman–Crippen LogP) is 2.36. The fourth-order valence-corrected chi connectivity index (χ4v) is 3.57. The maximum Gasteiger partial charge on any atom is 0.253 e. The molecule has 0 spiro atoms. The molecular weight excluding hydrogens is 401 g/mol. The molecule has 2 aromatic heterocycles. The van der Waals surface area contributed by atoms with Gasteiger partial charge in [-0.05, 0) is 18.6 Å². The van der Waals surface area contributed by atoms with E-state index >= 15 is 0 Å². The van der Waals surface area contributed by atoms with Crippen molar-refractivity contribution in [2.45, 2.75) is 13.0 Å². The molecule has 0 radical (unpaired) electrons. The average molecular weight is 427 g/mol. The molecule has 31 heavy (non-hydrogen) atoms. The topological polar surface area (TPSA) is 92.4 Å².